The highest BCUT2D eigenvalue weighted by molar-refractivity contribution is 6.16. The van der Waals surface area contributed by atoms with Gasteiger partial charge in [0.2, 0.25) is 5.89 Å². The second kappa shape index (κ2) is 4.74. The van der Waals surface area contributed by atoms with E-state index >= 15 is 0 Å². The summed E-state index contributed by atoms with van der Waals surface area (Å²) in [7, 11) is 0. The highest BCUT2D eigenvalue weighted by Crippen LogP contribution is 2.44. The van der Waals surface area contributed by atoms with Crippen LogP contribution in [0.3, 0.4) is 0 Å². The molecule has 1 aliphatic rings. The molecule has 1 aliphatic carbocycles. The van der Waals surface area contributed by atoms with E-state index in [2.05, 4.69) is 24.0 Å². The molecular weight excluding hydrogens is 224 g/mol. The van der Waals surface area contributed by atoms with E-state index in [0.29, 0.717) is 17.6 Å². The lowest BCUT2D eigenvalue weighted by Gasteiger charge is -2.26. The number of hydrogen-bond acceptors (Lipinski definition) is 3. The van der Waals surface area contributed by atoms with Gasteiger partial charge in [0, 0.05) is 5.41 Å². The molecule has 1 saturated carbocycles. The Morgan fingerprint density at radius 2 is 2.06 bits per heavy atom. The molecule has 2 rings (SSSR count). The highest BCUT2D eigenvalue weighted by Gasteiger charge is 2.40. The molecule has 1 heterocycles. The van der Waals surface area contributed by atoms with E-state index < -0.39 is 0 Å². The first kappa shape index (κ1) is 11.9. The smallest absolute Gasteiger partial charge is 0.232 e. The maximum absolute atomic E-state index is 5.71. The SMILES string of the molecule is CC(C)CC1(c2nc(CCl)no2)CCCC1. The van der Waals surface area contributed by atoms with Crippen molar-refractivity contribution >= 4 is 11.6 Å². The van der Waals surface area contributed by atoms with Gasteiger partial charge < -0.3 is 4.52 Å². The Bertz CT molecular complexity index is 343. The summed E-state index contributed by atoms with van der Waals surface area (Å²) in [6.45, 7) is 4.50. The van der Waals surface area contributed by atoms with Crippen molar-refractivity contribution in [3.8, 4) is 0 Å². The van der Waals surface area contributed by atoms with Crippen molar-refractivity contribution in [2.24, 2.45) is 5.92 Å². The second-order valence-corrected chi connectivity index (χ2v) is 5.50. The maximum atomic E-state index is 5.71. The topological polar surface area (TPSA) is 38.9 Å². The van der Waals surface area contributed by atoms with Crippen LogP contribution in [0.25, 0.3) is 0 Å². The fourth-order valence-corrected chi connectivity index (χ4v) is 2.97. The molecule has 3 nitrogen and oxygen atoms in total. The van der Waals surface area contributed by atoms with Gasteiger partial charge in [-0.3, -0.25) is 0 Å². The Morgan fingerprint density at radius 3 is 2.56 bits per heavy atom. The predicted octanol–water partition coefficient (Wildman–Crippen LogP) is 3.67. The van der Waals surface area contributed by atoms with E-state index in [9.17, 15) is 0 Å². The summed E-state index contributed by atoms with van der Waals surface area (Å²) in [5, 5.41) is 3.91. The van der Waals surface area contributed by atoms with Crippen LogP contribution in [-0.2, 0) is 11.3 Å². The van der Waals surface area contributed by atoms with Gasteiger partial charge in [-0.25, -0.2) is 0 Å². The molecule has 0 aliphatic heterocycles. The monoisotopic (exact) mass is 242 g/mol. The van der Waals surface area contributed by atoms with Crippen LogP contribution in [0.15, 0.2) is 4.52 Å². The van der Waals surface area contributed by atoms with Crippen LogP contribution in [0.5, 0.6) is 0 Å². The average Bonchev–Trinajstić information content (AvgIpc) is 2.84. The van der Waals surface area contributed by atoms with E-state index in [1.54, 1.807) is 0 Å². The quantitative estimate of drug-likeness (QED) is 0.757. The van der Waals surface area contributed by atoms with Crippen molar-refractivity contribution in [3.05, 3.63) is 11.7 Å². The summed E-state index contributed by atoms with van der Waals surface area (Å²) < 4.78 is 5.40. The zero-order chi connectivity index (χ0) is 11.6. The fourth-order valence-electron chi connectivity index (χ4n) is 2.86. The summed E-state index contributed by atoms with van der Waals surface area (Å²) in [4.78, 5) is 4.43. The van der Waals surface area contributed by atoms with Gasteiger partial charge in [0.05, 0.1) is 5.88 Å². The van der Waals surface area contributed by atoms with Crippen LogP contribution in [0.4, 0.5) is 0 Å². The maximum Gasteiger partial charge on any atom is 0.232 e. The molecule has 0 radical (unpaired) electrons. The number of alkyl halides is 1. The third-order valence-corrected chi connectivity index (χ3v) is 3.64. The minimum Gasteiger partial charge on any atom is -0.339 e. The number of nitrogens with zero attached hydrogens (tertiary/aromatic N) is 2. The molecule has 0 bridgehead atoms. The van der Waals surface area contributed by atoms with Crippen LogP contribution < -0.4 is 0 Å². The molecule has 1 aromatic heterocycles. The molecule has 0 unspecified atom stereocenters. The predicted molar refractivity (Wildman–Crippen MR) is 63.5 cm³/mol. The molecule has 1 aromatic rings. The molecule has 0 N–H and O–H groups in total. The molecule has 16 heavy (non-hydrogen) atoms. The lowest BCUT2D eigenvalue weighted by molar-refractivity contribution is 0.244. The number of halogens is 1. The average molecular weight is 243 g/mol. The van der Waals surface area contributed by atoms with E-state index in [1.807, 2.05) is 0 Å². The Hall–Kier alpha value is -0.570. The lowest BCUT2D eigenvalue weighted by Crippen LogP contribution is -2.24. The molecule has 1 fully saturated rings. The Labute approximate surface area is 102 Å². The van der Waals surface area contributed by atoms with E-state index in [0.717, 1.165) is 12.3 Å². The standard InChI is InChI=1S/C12H19ClN2O/c1-9(2)7-12(5-3-4-6-12)11-14-10(8-13)15-16-11/h9H,3-8H2,1-2H3. The number of hydrogen-bond donors (Lipinski definition) is 0. The molecule has 4 heteroatoms. The molecule has 0 amide bonds. The Kier molecular flexibility index (Phi) is 3.53. The second-order valence-electron chi connectivity index (χ2n) is 5.23. The van der Waals surface area contributed by atoms with Crippen LogP contribution in [0.1, 0.15) is 57.7 Å². The van der Waals surface area contributed by atoms with E-state index in [1.165, 1.54) is 25.7 Å². The van der Waals surface area contributed by atoms with Gasteiger partial charge in [-0.2, -0.15) is 4.98 Å². The molecule has 0 atom stereocenters. The van der Waals surface area contributed by atoms with Crippen molar-refractivity contribution in [2.75, 3.05) is 0 Å². The summed E-state index contributed by atoms with van der Waals surface area (Å²) >= 11 is 5.71. The zero-order valence-corrected chi connectivity index (χ0v) is 10.8. The number of aromatic nitrogens is 2. The van der Waals surface area contributed by atoms with Crippen molar-refractivity contribution in [1.82, 2.24) is 10.1 Å². The van der Waals surface area contributed by atoms with Crippen molar-refractivity contribution in [3.63, 3.8) is 0 Å². The summed E-state index contributed by atoms with van der Waals surface area (Å²) in [5.74, 6) is 2.42. The van der Waals surface area contributed by atoms with Gasteiger partial charge in [-0.15, -0.1) is 11.6 Å². The van der Waals surface area contributed by atoms with Crippen LogP contribution in [0.2, 0.25) is 0 Å². The van der Waals surface area contributed by atoms with Gasteiger partial charge in [-0.1, -0.05) is 31.8 Å². The molecular formula is C12H19ClN2O. The van der Waals surface area contributed by atoms with Crippen LogP contribution >= 0.6 is 11.6 Å². The van der Waals surface area contributed by atoms with Gasteiger partial charge >= 0.3 is 0 Å². The third-order valence-electron chi connectivity index (χ3n) is 3.40. The minimum absolute atomic E-state index is 0.130. The van der Waals surface area contributed by atoms with Gasteiger partial charge in [-0.05, 0) is 25.2 Å². The first-order chi connectivity index (χ1) is 7.66. The lowest BCUT2D eigenvalue weighted by atomic mass is 9.78. The zero-order valence-electron chi connectivity index (χ0n) is 10.0. The summed E-state index contributed by atoms with van der Waals surface area (Å²) in [6.07, 6.45) is 6.03. The summed E-state index contributed by atoms with van der Waals surface area (Å²) in [5.41, 5.74) is 0.130. The van der Waals surface area contributed by atoms with Crippen molar-refractivity contribution in [1.29, 1.82) is 0 Å². The van der Waals surface area contributed by atoms with Crippen LogP contribution in [-0.4, -0.2) is 10.1 Å². The Balaban J connectivity index is 2.24. The first-order valence-electron chi connectivity index (χ1n) is 6.05. The van der Waals surface area contributed by atoms with Crippen molar-refractivity contribution < 1.29 is 4.52 Å². The largest absolute Gasteiger partial charge is 0.339 e. The minimum atomic E-state index is 0.130. The molecule has 0 spiro atoms. The third kappa shape index (κ3) is 2.24. The van der Waals surface area contributed by atoms with Crippen LogP contribution in [0, 0.1) is 5.92 Å². The number of rotatable bonds is 4. The Morgan fingerprint density at radius 1 is 1.38 bits per heavy atom. The van der Waals surface area contributed by atoms with Gasteiger partial charge in [0.1, 0.15) is 0 Å². The van der Waals surface area contributed by atoms with Gasteiger partial charge in [0.25, 0.3) is 0 Å². The molecule has 0 aromatic carbocycles. The van der Waals surface area contributed by atoms with E-state index in [4.69, 9.17) is 16.1 Å². The molecule has 90 valence electrons. The van der Waals surface area contributed by atoms with Gasteiger partial charge in [0.15, 0.2) is 5.82 Å². The summed E-state index contributed by atoms with van der Waals surface area (Å²) in [6, 6.07) is 0. The first-order valence-corrected chi connectivity index (χ1v) is 6.59. The molecule has 0 saturated heterocycles. The highest BCUT2D eigenvalue weighted by atomic mass is 35.5. The van der Waals surface area contributed by atoms with E-state index in [-0.39, 0.29) is 5.41 Å². The fraction of sp³-hybridized carbons (Fsp3) is 0.833. The van der Waals surface area contributed by atoms with Crippen molar-refractivity contribution in [2.45, 2.75) is 57.2 Å². The normalized spacial score (nSPS) is 19.5.